The molecule has 0 aliphatic carbocycles. The lowest BCUT2D eigenvalue weighted by Crippen LogP contribution is -2.04. The molecule has 0 saturated heterocycles. The summed E-state index contributed by atoms with van der Waals surface area (Å²) in [5.74, 6) is 5.82. The number of carbonyl (C=O) groups is 1. The summed E-state index contributed by atoms with van der Waals surface area (Å²) in [6, 6.07) is 19.3. The number of hydrogen-bond donors (Lipinski definition) is 0. The van der Waals surface area contributed by atoms with Gasteiger partial charge in [-0.15, -0.1) is 0 Å². The molecule has 0 heterocycles. The van der Waals surface area contributed by atoms with Gasteiger partial charge < -0.3 is 4.74 Å². The van der Waals surface area contributed by atoms with E-state index < -0.39 is 0 Å². The molecule has 2 nitrogen and oxygen atoms in total. The van der Waals surface area contributed by atoms with Gasteiger partial charge in [-0.25, -0.2) is 4.79 Å². The SMILES string of the molecule is COC(=O)c1cc2ccccc2cc1C#Cc1ccccc1Br. The van der Waals surface area contributed by atoms with Crippen LogP contribution in [-0.2, 0) is 4.74 Å². The fraction of sp³-hybridized carbons (Fsp3) is 0.0500. The van der Waals surface area contributed by atoms with Crippen molar-refractivity contribution in [2.24, 2.45) is 0 Å². The Morgan fingerprint density at radius 1 is 0.913 bits per heavy atom. The summed E-state index contributed by atoms with van der Waals surface area (Å²) in [7, 11) is 1.38. The molecule has 3 aromatic carbocycles. The van der Waals surface area contributed by atoms with Crippen molar-refractivity contribution in [2.75, 3.05) is 7.11 Å². The minimum absolute atomic E-state index is 0.382. The number of methoxy groups -OCH3 is 1. The van der Waals surface area contributed by atoms with Gasteiger partial charge in [0, 0.05) is 15.6 Å². The van der Waals surface area contributed by atoms with Gasteiger partial charge in [-0.3, -0.25) is 0 Å². The van der Waals surface area contributed by atoms with Gasteiger partial charge in [0.25, 0.3) is 0 Å². The number of rotatable bonds is 1. The number of carbonyl (C=O) groups excluding carboxylic acids is 1. The van der Waals surface area contributed by atoms with Crippen molar-refractivity contribution in [3.8, 4) is 11.8 Å². The fourth-order valence-electron chi connectivity index (χ4n) is 2.32. The van der Waals surface area contributed by atoms with E-state index in [2.05, 4.69) is 27.8 Å². The third-order valence-corrected chi connectivity index (χ3v) is 4.19. The molecule has 0 bridgehead atoms. The molecular formula is C20H13BrO2. The second-order valence-electron chi connectivity index (χ2n) is 4.97. The van der Waals surface area contributed by atoms with E-state index in [9.17, 15) is 4.79 Å². The fourth-order valence-corrected chi connectivity index (χ4v) is 2.70. The van der Waals surface area contributed by atoms with Crippen LogP contribution < -0.4 is 0 Å². The van der Waals surface area contributed by atoms with Gasteiger partial charge in [-0.2, -0.15) is 0 Å². The third-order valence-electron chi connectivity index (χ3n) is 3.50. The maximum atomic E-state index is 12.1. The van der Waals surface area contributed by atoms with Crippen molar-refractivity contribution in [2.45, 2.75) is 0 Å². The first-order valence-electron chi connectivity index (χ1n) is 7.06. The van der Waals surface area contributed by atoms with Gasteiger partial charge in [0.05, 0.1) is 12.7 Å². The van der Waals surface area contributed by atoms with Crippen LogP contribution in [0, 0.1) is 11.8 Å². The predicted molar refractivity (Wildman–Crippen MR) is 95.4 cm³/mol. The van der Waals surface area contributed by atoms with Gasteiger partial charge in [-0.05, 0) is 51.0 Å². The van der Waals surface area contributed by atoms with Crippen molar-refractivity contribution in [1.82, 2.24) is 0 Å². The number of fused-ring (bicyclic) bond motifs is 1. The lowest BCUT2D eigenvalue weighted by atomic mass is 10.0. The Morgan fingerprint density at radius 3 is 2.22 bits per heavy atom. The standard InChI is InChI=1S/C20H13BrO2/c1-23-20(22)18-13-16-8-3-2-7-15(16)12-17(18)11-10-14-6-4-5-9-19(14)21/h2-9,12-13H,1H3. The first kappa shape index (κ1) is 15.3. The molecule has 0 saturated carbocycles. The molecule has 0 spiro atoms. The van der Waals surface area contributed by atoms with Crippen LogP contribution in [0.1, 0.15) is 21.5 Å². The van der Waals surface area contributed by atoms with Gasteiger partial charge in [0.2, 0.25) is 0 Å². The Bertz CT molecular complexity index is 949. The second-order valence-corrected chi connectivity index (χ2v) is 5.82. The van der Waals surface area contributed by atoms with Crippen molar-refractivity contribution in [3.63, 3.8) is 0 Å². The molecule has 0 radical (unpaired) electrons. The average molecular weight is 365 g/mol. The van der Waals surface area contributed by atoms with Crippen LogP contribution >= 0.6 is 15.9 Å². The van der Waals surface area contributed by atoms with Gasteiger partial charge in [0.1, 0.15) is 0 Å². The zero-order valence-electron chi connectivity index (χ0n) is 12.5. The normalized spacial score (nSPS) is 10.0. The zero-order chi connectivity index (χ0) is 16.2. The molecule has 112 valence electrons. The molecule has 0 N–H and O–H groups in total. The highest BCUT2D eigenvalue weighted by Gasteiger charge is 2.12. The molecule has 3 aromatic rings. The maximum absolute atomic E-state index is 12.1. The Kier molecular flexibility index (Phi) is 4.45. The lowest BCUT2D eigenvalue weighted by molar-refractivity contribution is 0.0600. The molecule has 0 amide bonds. The van der Waals surface area contributed by atoms with Crippen LogP contribution in [0.25, 0.3) is 10.8 Å². The smallest absolute Gasteiger partial charge is 0.339 e. The summed E-state index contributed by atoms with van der Waals surface area (Å²) >= 11 is 3.48. The molecule has 3 rings (SSSR count). The van der Waals surface area contributed by atoms with Gasteiger partial charge in [-0.1, -0.05) is 48.2 Å². The summed E-state index contributed by atoms with van der Waals surface area (Å²) in [6.07, 6.45) is 0. The van der Waals surface area contributed by atoms with Gasteiger partial charge in [0.15, 0.2) is 0 Å². The van der Waals surface area contributed by atoms with E-state index in [0.29, 0.717) is 11.1 Å². The molecule has 0 aromatic heterocycles. The number of ether oxygens (including phenoxy) is 1. The van der Waals surface area contributed by atoms with Crippen LogP contribution in [0.3, 0.4) is 0 Å². The van der Waals surface area contributed by atoms with E-state index in [1.54, 1.807) is 0 Å². The molecule has 0 fully saturated rings. The Hall–Kier alpha value is -2.57. The third kappa shape index (κ3) is 3.28. The minimum Gasteiger partial charge on any atom is -0.465 e. The maximum Gasteiger partial charge on any atom is 0.339 e. The van der Waals surface area contributed by atoms with Crippen molar-refractivity contribution in [1.29, 1.82) is 0 Å². The Labute approximate surface area is 143 Å². The summed E-state index contributed by atoms with van der Waals surface area (Å²) in [5, 5.41) is 2.02. The minimum atomic E-state index is -0.382. The topological polar surface area (TPSA) is 26.3 Å². The molecular weight excluding hydrogens is 352 g/mol. The first-order valence-corrected chi connectivity index (χ1v) is 7.86. The first-order chi connectivity index (χ1) is 11.2. The van der Waals surface area contributed by atoms with E-state index in [1.165, 1.54) is 7.11 Å². The number of esters is 1. The number of benzene rings is 3. The highest BCUT2D eigenvalue weighted by molar-refractivity contribution is 9.10. The molecule has 0 unspecified atom stereocenters. The molecule has 23 heavy (non-hydrogen) atoms. The van der Waals surface area contributed by atoms with Crippen LogP contribution in [0.2, 0.25) is 0 Å². The average Bonchev–Trinajstić information content (AvgIpc) is 2.59. The lowest BCUT2D eigenvalue weighted by Gasteiger charge is -2.05. The van der Waals surface area contributed by atoms with Gasteiger partial charge >= 0.3 is 5.97 Å². The summed E-state index contributed by atoms with van der Waals surface area (Å²) < 4.78 is 5.81. The summed E-state index contributed by atoms with van der Waals surface area (Å²) in [4.78, 5) is 12.1. The Morgan fingerprint density at radius 2 is 1.52 bits per heavy atom. The highest BCUT2D eigenvalue weighted by atomic mass is 79.9. The van der Waals surface area contributed by atoms with E-state index in [-0.39, 0.29) is 5.97 Å². The van der Waals surface area contributed by atoms with Crippen LogP contribution in [0.5, 0.6) is 0 Å². The zero-order valence-corrected chi connectivity index (χ0v) is 14.1. The highest BCUT2D eigenvalue weighted by Crippen LogP contribution is 2.21. The summed E-state index contributed by atoms with van der Waals surface area (Å²) in [6.45, 7) is 0. The monoisotopic (exact) mass is 364 g/mol. The van der Waals surface area contributed by atoms with Crippen molar-refractivity contribution < 1.29 is 9.53 Å². The molecule has 0 aliphatic heterocycles. The molecule has 3 heteroatoms. The van der Waals surface area contributed by atoms with E-state index in [4.69, 9.17) is 4.74 Å². The molecule has 0 aliphatic rings. The van der Waals surface area contributed by atoms with E-state index >= 15 is 0 Å². The van der Waals surface area contributed by atoms with E-state index in [1.807, 2.05) is 60.7 Å². The van der Waals surface area contributed by atoms with Crippen LogP contribution in [0.4, 0.5) is 0 Å². The largest absolute Gasteiger partial charge is 0.465 e. The van der Waals surface area contributed by atoms with Crippen LogP contribution in [0.15, 0.2) is 65.1 Å². The van der Waals surface area contributed by atoms with Crippen molar-refractivity contribution in [3.05, 3.63) is 81.8 Å². The van der Waals surface area contributed by atoms with Crippen LogP contribution in [-0.4, -0.2) is 13.1 Å². The Balaban J connectivity index is 2.16. The summed E-state index contributed by atoms with van der Waals surface area (Å²) in [5.41, 5.74) is 2.01. The second kappa shape index (κ2) is 6.68. The predicted octanol–water partition coefficient (Wildman–Crippen LogP) is 4.79. The number of halogens is 1. The number of hydrogen-bond acceptors (Lipinski definition) is 2. The quantitative estimate of drug-likeness (QED) is 0.458. The van der Waals surface area contributed by atoms with Crippen molar-refractivity contribution >= 4 is 32.7 Å². The molecule has 0 atom stereocenters. The van der Waals surface area contributed by atoms with E-state index in [0.717, 1.165) is 20.8 Å².